The molecule has 2 amide bonds. The summed E-state index contributed by atoms with van der Waals surface area (Å²) in [5.74, 6) is -0.538. The molecule has 2 aromatic carbocycles. The zero-order chi connectivity index (χ0) is 28.4. The maximum Gasteiger partial charge on any atom is 0.416 e. The first kappa shape index (κ1) is 29.8. The van der Waals surface area contributed by atoms with Gasteiger partial charge in [-0.2, -0.15) is 26.3 Å². The van der Waals surface area contributed by atoms with Crippen molar-refractivity contribution in [1.82, 2.24) is 4.90 Å². The van der Waals surface area contributed by atoms with Crippen LogP contribution in [-0.2, 0) is 28.4 Å². The average molecular weight is 609 g/mol. The summed E-state index contributed by atoms with van der Waals surface area (Å²) in [6.45, 7) is 4.47. The van der Waals surface area contributed by atoms with Gasteiger partial charge in [-0.05, 0) is 80.6 Å². The molecule has 1 heterocycles. The lowest BCUT2D eigenvalue weighted by Crippen LogP contribution is -2.39. The molecule has 0 aliphatic carbocycles. The fourth-order valence-electron chi connectivity index (χ4n) is 4.45. The number of ether oxygens (including phenoxy) is 1. The molecule has 1 aliphatic rings. The number of hydrogen-bond acceptors (Lipinski definition) is 3. The first-order chi connectivity index (χ1) is 17.6. The second-order valence-electron chi connectivity index (χ2n) is 9.36. The third-order valence-corrected chi connectivity index (χ3v) is 6.58. The molecule has 1 aliphatic heterocycles. The molecule has 1 unspecified atom stereocenters. The molecule has 0 fully saturated rings. The van der Waals surface area contributed by atoms with E-state index in [1.807, 2.05) is 0 Å². The second kappa shape index (κ2) is 11.5. The number of alkyl halides is 6. The highest BCUT2D eigenvalue weighted by atomic mass is 79.9. The molecule has 208 valence electrons. The third-order valence-electron chi connectivity index (χ3n) is 6.09. The number of nitrogens with zero attached hydrogens (tertiary/aromatic N) is 2. The van der Waals surface area contributed by atoms with Gasteiger partial charge in [-0.3, -0.25) is 9.69 Å². The normalized spacial score (nSPS) is 16.5. The van der Waals surface area contributed by atoms with E-state index in [9.17, 15) is 35.9 Å². The lowest BCUT2D eigenvalue weighted by atomic mass is 9.94. The fraction of sp³-hybridized carbons (Fsp3) is 0.462. The lowest BCUT2D eigenvalue weighted by Gasteiger charge is -2.37. The van der Waals surface area contributed by atoms with E-state index in [4.69, 9.17) is 4.74 Å². The Morgan fingerprint density at radius 1 is 1.03 bits per heavy atom. The van der Waals surface area contributed by atoms with Crippen LogP contribution in [0.2, 0.25) is 0 Å². The summed E-state index contributed by atoms with van der Waals surface area (Å²) < 4.78 is 86.6. The Hall–Kier alpha value is -2.76. The minimum Gasteiger partial charge on any atom is -0.446 e. The van der Waals surface area contributed by atoms with Gasteiger partial charge in [0.2, 0.25) is 5.91 Å². The van der Waals surface area contributed by atoms with Crippen LogP contribution in [0.15, 0.2) is 40.9 Å². The van der Waals surface area contributed by atoms with Crippen LogP contribution in [0.4, 0.5) is 36.8 Å². The molecule has 0 aromatic heterocycles. The minimum absolute atomic E-state index is 0.0576. The summed E-state index contributed by atoms with van der Waals surface area (Å²) in [5, 5.41) is 0. The smallest absolute Gasteiger partial charge is 0.416 e. The Bertz CT molecular complexity index is 1150. The predicted molar refractivity (Wildman–Crippen MR) is 132 cm³/mol. The van der Waals surface area contributed by atoms with Gasteiger partial charge < -0.3 is 9.64 Å². The van der Waals surface area contributed by atoms with Crippen LogP contribution in [0.1, 0.15) is 68.3 Å². The third kappa shape index (κ3) is 7.21. The molecular formula is C26H27BrF6N2O3. The van der Waals surface area contributed by atoms with Crippen molar-refractivity contribution in [3.8, 4) is 0 Å². The Balaban J connectivity index is 2.11. The standard InChI is InChI=1S/C26H27BrF6N2O3/c1-15(2)38-24(37)34-9-5-4-6-22(21-13-20(27)7-8-23(21)34)35(16(3)36)14-17-10-18(25(28,29)30)12-19(11-17)26(31,32)33/h7-8,10-13,15,22H,4-6,9,14H2,1-3H3. The van der Waals surface area contributed by atoms with Crippen molar-refractivity contribution >= 4 is 33.6 Å². The Kier molecular flexibility index (Phi) is 9.05. The van der Waals surface area contributed by atoms with E-state index in [0.717, 1.165) is 0 Å². The van der Waals surface area contributed by atoms with E-state index in [2.05, 4.69) is 15.9 Å². The second-order valence-corrected chi connectivity index (χ2v) is 10.3. The summed E-state index contributed by atoms with van der Waals surface area (Å²) >= 11 is 3.39. The van der Waals surface area contributed by atoms with Crippen LogP contribution in [0, 0.1) is 0 Å². The first-order valence-electron chi connectivity index (χ1n) is 11.9. The number of carbonyl (C=O) groups excluding carboxylic acids is 2. The predicted octanol–water partition coefficient (Wildman–Crippen LogP) is 8.11. The molecule has 12 heteroatoms. The van der Waals surface area contributed by atoms with Crippen molar-refractivity contribution in [2.75, 3.05) is 11.4 Å². The molecule has 3 rings (SSSR count). The van der Waals surface area contributed by atoms with Gasteiger partial charge >= 0.3 is 18.4 Å². The number of halogens is 7. The molecule has 0 spiro atoms. The zero-order valence-electron chi connectivity index (χ0n) is 20.9. The highest BCUT2D eigenvalue weighted by Crippen LogP contribution is 2.40. The van der Waals surface area contributed by atoms with Crippen molar-refractivity contribution in [2.45, 2.75) is 71.1 Å². The van der Waals surface area contributed by atoms with Crippen molar-refractivity contribution in [3.63, 3.8) is 0 Å². The van der Waals surface area contributed by atoms with E-state index < -0.39 is 48.1 Å². The molecule has 0 bridgehead atoms. The van der Waals surface area contributed by atoms with Gasteiger partial charge in [0.15, 0.2) is 0 Å². The van der Waals surface area contributed by atoms with Crippen molar-refractivity contribution in [2.24, 2.45) is 0 Å². The van der Waals surface area contributed by atoms with Gasteiger partial charge in [-0.25, -0.2) is 4.79 Å². The lowest BCUT2D eigenvalue weighted by molar-refractivity contribution is -0.143. The van der Waals surface area contributed by atoms with Crippen LogP contribution in [0.25, 0.3) is 0 Å². The molecule has 0 radical (unpaired) electrons. The monoisotopic (exact) mass is 608 g/mol. The summed E-state index contributed by atoms with van der Waals surface area (Å²) in [7, 11) is 0. The fourth-order valence-corrected chi connectivity index (χ4v) is 4.83. The van der Waals surface area contributed by atoms with E-state index in [1.54, 1.807) is 32.0 Å². The first-order valence-corrected chi connectivity index (χ1v) is 12.7. The van der Waals surface area contributed by atoms with Gasteiger partial charge in [0.25, 0.3) is 0 Å². The number of amides is 2. The Morgan fingerprint density at radius 3 is 2.16 bits per heavy atom. The van der Waals surface area contributed by atoms with E-state index in [1.165, 1.54) is 16.7 Å². The summed E-state index contributed by atoms with van der Waals surface area (Å²) in [4.78, 5) is 28.4. The SMILES string of the molecule is CC(=O)N(Cc1cc(C(F)(F)F)cc(C(F)(F)F)c1)C1CCCCN(C(=O)OC(C)C)c2ccc(Br)cc21. The van der Waals surface area contributed by atoms with Gasteiger partial charge in [0.1, 0.15) is 0 Å². The van der Waals surface area contributed by atoms with E-state index in [0.29, 0.717) is 53.7 Å². The van der Waals surface area contributed by atoms with Crippen LogP contribution in [-0.4, -0.2) is 29.5 Å². The zero-order valence-corrected chi connectivity index (χ0v) is 22.5. The van der Waals surface area contributed by atoms with Crippen molar-refractivity contribution in [3.05, 3.63) is 63.1 Å². The van der Waals surface area contributed by atoms with Gasteiger partial charge in [-0.1, -0.05) is 15.9 Å². The topological polar surface area (TPSA) is 49.9 Å². The molecule has 0 saturated heterocycles. The van der Waals surface area contributed by atoms with Crippen LogP contribution in [0.3, 0.4) is 0 Å². The molecule has 38 heavy (non-hydrogen) atoms. The minimum atomic E-state index is -5.01. The summed E-state index contributed by atoms with van der Waals surface area (Å²) in [5.41, 5.74) is -2.23. The molecule has 0 N–H and O–H groups in total. The number of anilines is 1. The van der Waals surface area contributed by atoms with E-state index in [-0.39, 0.29) is 17.7 Å². The highest BCUT2D eigenvalue weighted by Gasteiger charge is 2.38. The quantitative estimate of drug-likeness (QED) is 0.329. The largest absolute Gasteiger partial charge is 0.446 e. The average Bonchev–Trinajstić information content (AvgIpc) is 2.77. The number of hydrogen-bond donors (Lipinski definition) is 0. The number of fused-ring (bicyclic) bond motifs is 1. The molecule has 5 nitrogen and oxygen atoms in total. The van der Waals surface area contributed by atoms with Crippen LogP contribution >= 0.6 is 15.9 Å². The maximum absolute atomic E-state index is 13.4. The van der Waals surface area contributed by atoms with Gasteiger partial charge in [-0.15, -0.1) is 0 Å². The number of benzene rings is 2. The number of rotatable bonds is 4. The van der Waals surface area contributed by atoms with Crippen LogP contribution in [0.5, 0.6) is 0 Å². The van der Waals surface area contributed by atoms with Gasteiger partial charge in [0, 0.05) is 24.5 Å². The maximum atomic E-state index is 13.4. The Morgan fingerprint density at radius 2 is 1.63 bits per heavy atom. The van der Waals surface area contributed by atoms with Crippen LogP contribution < -0.4 is 4.90 Å². The summed E-state index contributed by atoms with van der Waals surface area (Å²) in [6.07, 6.45) is -9.51. The van der Waals surface area contributed by atoms with Gasteiger partial charge in [0.05, 0.1) is 29.0 Å². The number of carbonyl (C=O) groups is 2. The van der Waals surface area contributed by atoms with Crippen molar-refractivity contribution < 1.29 is 40.7 Å². The van der Waals surface area contributed by atoms with E-state index >= 15 is 0 Å². The Labute approximate surface area is 224 Å². The van der Waals surface area contributed by atoms with Crippen molar-refractivity contribution in [1.29, 1.82) is 0 Å². The molecule has 2 aromatic rings. The summed E-state index contributed by atoms with van der Waals surface area (Å²) in [6, 6.07) is 5.66. The molecular weight excluding hydrogens is 582 g/mol. The molecule has 0 saturated carbocycles. The highest BCUT2D eigenvalue weighted by molar-refractivity contribution is 9.10. The molecule has 1 atom stereocenters.